The van der Waals surface area contributed by atoms with Crippen LogP contribution in [-0.2, 0) is 17.6 Å². The van der Waals surface area contributed by atoms with Crippen molar-refractivity contribution in [1.29, 1.82) is 0 Å². The van der Waals surface area contributed by atoms with Crippen LogP contribution in [0.4, 0.5) is 0 Å². The first-order valence-corrected chi connectivity index (χ1v) is 12.8. The molecule has 0 saturated carbocycles. The SMILES string of the molecule is CCc1cccc2c([C@@H](CC(=O)NCCc3ccccn3)c3cccc(Oc4ccccc4)c3)c[nH]c12. The van der Waals surface area contributed by atoms with Gasteiger partial charge >= 0.3 is 0 Å². The Hall–Kier alpha value is -4.38. The third-order valence-electron chi connectivity index (χ3n) is 6.65. The Kier molecular flexibility index (Phi) is 7.60. The zero-order valence-electron chi connectivity index (χ0n) is 21.0. The van der Waals surface area contributed by atoms with Crippen LogP contribution in [0.25, 0.3) is 10.9 Å². The fraction of sp³-hybridized carbons (Fsp3) is 0.188. The van der Waals surface area contributed by atoms with Gasteiger partial charge < -0.3 is 15.0 Å². The molecule has 3 aromatic carbocycles. The van der Waals surface area contributed by atoms with E-state index >= 15 is 0 Å². The summed E-state index contributed by atoms with van der Waals surface area (Å²) in [5.41, 5.74) is 5.52. The number of aromatic amines is 1. The lowest BCUT2D eigenvalue weighted by molar-refractivity contribution is -0.121. The van der Waals surface area contributed by atoms with Crippen LogP contribution in [0.3, 0.4) is 0 Å². The van der Waals surface area contributed by atoms with Crippen LogP contribution in [0, 0.1) is 0 Å². The minimum atomic E-state index is -0.130. The molecule has 2 N–H and O–H groups in total. The summed E-state index contributed by atoms with van der Waals surface area (Å²) in [7, 11) is 0. The number of carbonyl (C=O) groups is 1. The molecule has 5 nitrogen and oxygen atoms in total. The number of pyridine rings is 1. The lowest BCUT2D eigenvalue weighted by Gasteiger charge is -2.18. The Morgan fingerprint density at radius 3 is 2.57 bits per heavy atom. The number of aryl methyl sites for hydroxylation is 1. The van der Waals surface area contributed by atoms with Crippen molar-refractivity contribution >= 4 is 16.8 Å². The van der Waals surface area contributed by atoms with Crippen molar-refractivity contribution in [1.82, 2.24) is 15.3 Å². The van der Waals surface area contributed by atoms with Crippen molar-refractivity contribution < 1.29 is 9.53 Å². The zero-order chi connectivity index (χ0) is 25.5. The zero-order valence-corrected chi connectivity index (χ0v) is 21.0. The average molecular weight is 490 g/mol. The number of nitrogens with zero attached hydrogens (tertiary/aromatic N) is 1. The molecule has 5 rings (SSSR count). The molecule has 0 aliphatic heterocycles. The first kappa shape index (κ1) is 24.3. The van der Waals surface area contributed by atoms with Gasteiger partial charge in [0.2, 0.25) is 5.91 Å². The highest BCUT2D eigenvalue weighted by Crippen LogP contribution is 2.36. The van der Waals surface area contributed by atoms with E-state index in [-0.39, 0.29) is 11.8 Å². The van der Waals surface area contributed by atoms with Gasteiger partial charge in [-0.05, 0) is 59.5 Å². The summed E-state index contributed by atoms with van der Waals surface area (Å²) in [5.74, 6) is 1.41. The summed E-state index contributed by atoms with van der Waals surface area (Å²) < 4.78 is 6.11. The predicted molar refractivity (Wildman–Crippen MR) is 148 cm³/mol. The summed E-state index contributed by atoms with van der Waals surface area (Å²) in [6.07, 6.45) is 5.81. The Morgan fingerprint density at radius 1 is 0.946 bits per heavy atom. The first-order chi connectivity index (χ1) is 18.2. The number of carbonyl (C=O) groups excluding carboxylic acids is 1. The Labute approximate surface area is 217 Å². The molecule has 0 bridgehead atoms. The van der Waals surface area contributed by atoms with Crippen LogP contribution in [-0.4, -0.2) is 22.4 Å². The highest BCUT2D eigenvalue weighted by Gasteiger charge is 2.22. The largest absolute Gasteiger partial charge is 0.457 e. The second-order valence-corrected chi connectivity index (χ2v) is 9.10. The molecule has 186 valence electrons. The molecule has 1 atom stereocenters. The summed E-state index contributed by atoms with van der Waals surface area (Å²) in [6.45, 7) is 2.71. The van der Waals surface area contributed by atoms with Crippen LogP contribution >= 0.6 is 0 Å². The van der Waals surface area contributed by atoms with E-state index in [4.69, 9.17) is 4.74 Å². The Balaban J connectivity index is 1.42. The van der Waals surface area contributed by atoms with Gasteiger partial charge in [-0.25, -0.2) is 0 Å². The Bertz CT molecular complexity index is 1460. The minimum Gasteiger partial charge on any atom is -0.457 e. The predicted octanol–water partition coefficient (Wildman–Crippen LogP) is 6.80. The van der Waals surface area contributed by atoms with Gasteiger partial charge in [0.15, 0.2) is 0 Å². The van der Waals surface area contributed by atoms with Crippen molar-refractivity contribution in [3.63, 3.8) is 0 Å². The van der Waals surface area contributed by atoms with E-state index in [1.807, 2.05) is 66.7 Å². The van der Waals surface area contributed by atoms with E-state index in [1.165, 1.54) is 5.56 Å². The van der Waals surface area contributed by atoms with Crippen LogP contribution in [0.5, 0.6) is 11.5 Å². The second kappa shape index (κ2) is 11.6. The fourth-order valence-electron chi connectivity index (χ4n) is 4.78. The topological polar surface area (TPSA) is 67.0 Å². The number of benzene rings is 3. The summed E-state index contributed by atoms with van der Waals surface area (Å²) in [5, 5.41) is 4.25. The molecule has 1 amide bonds. The number of hydrogen-bond acceptors (Lipinski definition) is 3. The van der Waals surface area contributed by atoms with Gasteiger partial charge in [0, 0.05) is 54.3 Å². The minimum absolute atomic E-state index is 0.0105. The molecule has 0 aliphatic rings. The van der Waals surface area contributed by atoms with Gasteiger partial charge in [-0.2, -0.15) is 0 Å². The first-order valence-electron chi connectivity index (χ1n) is 12.8. The van der Waals surface area contributed by atoms with Crippen LogP contribution in [0.15, 0.2) is 103 Å². The number of aromatic nitrogens is 2. The Morgan fingerprint density at radius 2 is 1.76 bits per heavy atom. The van der Waals surface area contributed by atoms with Gasteiger partial charge in [-0.1, -0.05) is 61.5 Å². The third-order valence-corrected chi connectivity index (χ3v) is 6.65. The maximum Gasteiger partial charge on any atom is 0.220 e. The van der Waals surface area contributed by atoms with E-state index in [9.17, 15) is 4.79 Å². The molecule has 0 saturated heterocycles. The van der Waals surface area contributed by atoms with Gasteiger partial charge in [0.1, 0.15) is 11.5 Å². The van der Waals surface area contributed by atoms with Crippen molar-refractivity contribution in [2.24, 2.45) is 0 Å². The lowest BCUT2D eigenvalue weighted by atomic mass is 9.87. The second-order valence-electron chi connectivity index (χ2n) is 9.10. The van der Waals surface area contributed by atoms with E-state index in [0.29, 0.717) is 19.4 Å². The molecule has 0 radical (unpaired) electrons. The van der Waals surface area contributed by atoms with Crippen molar-refractivity contribution in [3.05, 3.63) is 126 Å². The molecule has 5 aromatic rings. The monoisotopic (exact) mass is 489 g/mol. The molecule has 0 unspecified atom stereocenters. The number of nitrogens with one attached hydrogen (secondary N) is 2. The summed E-state index contributed by atoms with van der Waals surface area (Å²) >= 11 is 0. The molecule has 5 heteroatoms. The smallest absolute Gasteiger partial charge is 0.220 e. The summed E-state index contributed by atoms with van der Waals surface area (Å²) in [6, 6.07) is 30.0. The molecule has 2 aromatic heterocycles. The van der Waals surface area contributed by atoms with Crippen molar-refractivity contribution in [2.75, 3.05) is 6.54 Å². The van der Waals surface area contributed by atoms with Crippen molar-refractivity contribution in [3.8, 4) is 11.5 Å². The standard InChI is InChI=1S/C32H31N3O2/c1-2-23-10-9-16-28-30(22-35-32(23)28)29(21-31(36)34-19-17-25-12-6-7-18-33-25)24-11-8-15-27(20-24)37-26-13-4-3-5-14-26/h3-16,18,20,22,29,35H,2,17,19,21H2,1H3,(H,34,36)/t29-/m0/s1. The van der Waals surface area contributed by atoms with Crippen LogP contribution < -0.4 is 10.1 Å². The normalized spacial score (nSPS) is 11.8. The molecule has 0 aliphatic carbocycles. The number of ether oxygens (including phenoxy) is 1. The molecule has 37 heavy (non-hydrogen) atoms. The van der Waals surface area contributed by atoms with Gasteiger partial charge in [0.05, 0.1) is 0 Å². The molecule has 2 heterocycles. The maximum atomic E-state index is 13.2. The number of hydrogen-bond donors (Lipinski definition) is 2. The highest BCUT2D eigenvalue weighted by atomic mass is 16.5. The quantitative estimate of drug-likeness (QED) is 0.227. The lowest BCUT2D eigenvalue weighted by Crippen LogP contribution is -2.27. The van der Waals surface area contributed by atoms with E-state index in [1.54, 1.807) is 6.20 Å². The highest BCUT2D eigenvalue weighted by molar-refractivity contribution is 5.88. The number of rotatable bonds is 10. The molecular formula is C32H31N3O2. The van der Waals surface area contributed by atoms with Crippen LogP contribution in [0.1, 0.15) is 41.6 Å². The number of fused-ring (bicyclic) bond motifs is 1. The molecule has 0 fully saturated rings. The van der Waals surface area contributed by atoms with E-state index in [2.05, 4.69) is 52.7 Å². The van der Waals surface area contributed by atoms with E-state index < -0.39 is 0 Å². The van der Waals surface area contributed by atoms with Gasteiger partial charge in [0.25, 0.3) is 0 Å². The molecule has 0 spiro atoms. The molecular weight excluding hydrogens is 458 g/mol. The third kappa shape index (κ3) is 5.89. The number of H-pyrrole nitrogens is 1. The van der Waals surface area contributed by atoms with Gasteiger partial charge in [-0.3, -0.25) is 9.78 Å². The average Bonchev–Trinajstić information content (AvgIpc) is 3.37. The summed E-state index contributed by atoms with van der Waals surface area (Å²) in [4.78, 5) is 21.0. The maximum absolute atomic E-state index is 13.2. The van der Waals surface area contributed by atoms with E-state index in [0.717, 1.165) is 45.6 Å². The number of amides is 1. The fourth-order valence-corrected chi connectivity index (χ4v) is 4.78. The number of para-hydroxylation sites is 2. The van der Waals surface area contributed by atoms with Crippen molar-refractivity contribution in [2.45, 2.75) is 32.1 Å². The van der Waals surface area contributed by atoms with Crippen LogP contribution in [0.2, 0.25) is 0 Å². The van der Waals surface area contributed by atoms with Gasteiger partial charge in [-0.15, -0.1) is 0 Å².